The van der Waals surface area contributed by atoms with Crippen LogP contribution in [0.1, 0.15) is 24.7 Å². The van der Waals surface area contributed by atoms with E-state index in [0.717, 1.165) is 17.0 Å². The Hall–Kier alpha value is -3.64. The summed E-state index contributed by atoms with van der Waals surface area (Å²) in [6, 6.07) is 2.75. The lowest BCUT2D eigenvalue weighted by atomic mass is 9.87. The van der Waals surface area contributed by atoms with Gasteiger partial charge in [0.25, 0.3) is 11.8 Å². The molecule has 188 valence electrons. The van der Waals surface area contributed by atoms with Gasteiger partial charge < -0.3 is 15.5 Å². The molecule has 13 heteroatoms. The average molecular weight is 497 g/mol. The molecule has 0 saturated carbocycles. The summed E-state index contributed by atoms with van der Waals surface area (Å²) in [6.45, 7) is 0.587. The van der Waals surface area contributed by atoms with Gasteiger partial charge in [0.2, 0.25) is 0 Å². The van der Waals surface area contributed by atoms with E-state index in [1.807, 2.05) is 0 Å². The van der Waals surface area contributed by atoms with Crippen LogP contribution >= 0.6 is 0 Å². The summed E-state index contributed by atoms with van der Waals surface area (Å²) >= 11 is 0. The molecular formula is C22H24F5N7O. The first kappa shape index (κ1) is 26.0. The highest BCUT2D eigenvalue weighted by molar-refractivity contribution is 6.54. The molecule has 1 unspecified atom stereocenters. The molecule has 1 fully saturated rings. The third kappa shape index (κ3) is 6.28. The van der Waals surface area contributed by atoms with Crippen molar-refractivity contribution in [3.63, 3.8) is 0 Å². The maximum Gasteiger partial charge on any atom is 0.417 e. The highest BCUT2D eigenvalue weighted by Crippen LogP contribution is 2.35. The zero-order chi connectivity index (χ0) is 25.8. The summed E-state index contributed by atoms with van der Waals surface area (Å²) in [7, 11) is 1.54. The minimum Gasteiger partial charge on any atom is -0.393 e. The fourth-order valence-electron chi connectivity index (χ4n) is 3.84. The molecule has 1 saturated heterocycles. The summed E-state index contributed by atoms with van der Waals surface area (Å²) in [5, 5.41) is 14.0. The first-order valence-corrected chi connectivity index (χ1v) is 10.6. The molecule has 2 aromatic rings. The van der Waals surface area contributed by atoms with Gasteiger partial charge in [-0.3, -0.25) is 10.2 Å². The Balaban J connectivity index is 1.83. The molecule has 35 heavy (non-hydrogen) atoms. The number of pyridine rings is 1. The topological polar surface area (TPSA) is 107 Å². The van der Waals surface area contributed by atoms with E-state index in [1.54, 1.807) is 20.0 Å². The smallest absolute Gasteiger partial charge is 0.393 e. The van der Waals surface area contributed by atoms with Crippen molar-refractivity contribution in [3.8, 4) is 0 Å². The van der Waals surface area contributed by atoms with Gasteiger partial charge in [0.05, 0.1) is 23.7 Å². The SMILES string of the molecule is CN/C=C(\C(=N)C(=O)N1CC(F)(F)C[C@@H](C)C1CNc1ccc(C(F)(F)F)cn1)c1ncccn1. The minimum absolute atomic E-state index is 0.0239. The van der Waals surface area contributed by atoms with E-state index in [-0.39, 0.29) is 23.8 Å². The molecule has 0 spiro atoms. The van der Waals surface area contributed by atoms with Gasteiger partial charge >= 0.3 is 6.18 Å². The number of alkyl halides is 5. The monoisotopic (exact) mass is 497 g/mol. The molecule has 3 rings (SSSR count). The molecule has 0 bridgehead atoms. The van der Waals surface area contributed by atoms with E-state index in [9.17, 15) is 26.7 Å². The van der Waals surface area contributed by atoms with Crippen LogP contribution in [0, 0.1) is 11.3 Å². The molecule has 8 nitrogen and oxygen atoms in total. The van der Waals surface area contributed by atoms with Crippen molar-refractivity contribution in [2.45, 2.75) is 31.5 Å². The van der Waals surface area contributed by atoms with Gasteiger partial charge in [-0.25, -0.2) is 23.7 Å². The predicted molar refractivity (Wildman–Crippen MR) is 119 cm³/mol. The van der Waals surface area contributed by atoms with Crippen LogP contribution in [-0.2, 0) is 11.0 Å². The second-order valence-electron chi connectivity index (χ2n) is 8.14. The van der Waals surface area contributed by atoms with Crippen LogP contribution in [0.3, 0.4) is 0 Å². The van der Waals surface area contributed by atoms with Gasteiger partial charge in [-0.15, -0.1) is 0 Å². The average Bonchev–Trinajstić information content (AvgIpc) is 2.80. The standard InChI is InChI=1S/C22H24F5N7O/c1-13-8-21(23,24)12-34(16(13)11-33-17-5-4-14(9-32-17)22(25,26)27)20(35)18(28)15(10-29-2)19-30-6-3-7-31-19/h3-7,9-10,13,16,28-29H,8,11-12H2,1-2H3,(H,32,33)/b15-10+,28-18?/t13-,16?/m1/s1. The van der Waals surface area contributed by atoms with E-state index in [2.05, 4.69) is 25.6 Å². The lowest BCUT2D eigenvalue weighted by Crippen LogP contribution is -2.58. The quantitative estimate of drug-likeness (QED) is 0.400. The van der Waals surface area contributed by atoms with Crippen molar-refractivity contribution in [1.29, 1.82) is 5.41 Å². The molecule has 0 aromatic carbocycles. The Morgan fingerprint density at radius 3 is 2.51 bits per heavy atom. The lowest BCUT2D eigenvalue weighted by molar-refractivity contribution is -0.145. The molecule has 1 aliphatic rings. The molecule has 2 atom stereocenters. The van der Waals surface area contributed by atoms with Crippen LogP contribution in [-0.4, -0.2) is 63.6 Å². The molecule has 0 radical (unpaired) electrons. The minimum atomic E-state index is -4.54. The van der Waals surface area contributed by atoms with E-state index in [4.69, 9.17) is 5.41 Å². The van der Waals surface area contributed by atoms with Crippen molar-refractivity contribution in [2.75, 3.05) is 25.5 Å². The number of hydrogen-bond donors (Lipinski definition) is 3. The number of anilines is 1. The van der Waals surface area contributed by atoms with Crippen LogP contribution in [0.2, 0.25) is 0 Å². The summed E-state index contributed by atoms with van der Waals surface area (Å²) in [6.07, 6.45) is -0.193. The van der Waals surface area contributed by atoms with Crippen molar-refractivity contribution in [2.24, 2.45) is 5.92 Å². The molecule has 0 aliphatic carbocycles. The fourth-order valence-corrected chi connectivity index (χ4v) is 3.84. The van der Waals surface area contributed by atoms with Crippen LogP contribution in [0.15, 0.2) is 43.0 Å². The third-order valence-corrected chi connectivity index (χ3v) is 5.50. The Morgan fingerprint density at radius 1 is 1.26 bits per heavy atom. The molecule has 3 heterocycles. The van der Waals surface area contributed by atoms with Gasteiger partial charge in [-0.05, 0) is 24.1 Å². The number of amides is 1. The first-order chi connectivity index (χ1) is 16.4. The van der Waals surface area contributed by atoms with Crippen molar-refractivity contribution in [1.82, 2.24) is 25.2 Å². The first-order valence-electron chi connectivity index (χ1n) is 10.6. The number of carbonyl (C=O) groups is 1. The Kier molecular flexibility index (Phi) is 7.66. The number of aromatic nitrogens is 3. The Morgan fingerprint density at radius 2 is 1.94 bits per heavy atom. The van der Waals surface area contributed by atoms with Crippen molar-refractivity contribution >= 4 is 23.0 Å². The predicted octanol–water partition coefficient (Wildman–Crippen LogP) is 3.45. The molecule has 1 amide bonds. The fraction of sp³-hybridized carbons (Fsp3) is 0.409. The largest absolute Gasteiger partial charge is 0.417 e. The number of carbonyl (C=O) groups excluding carboxylic acids is 1. The number of nitrogens with one attached hydrogen (secondary N) is 3. The molecular weight excluding hydrogens is 473 g/mol. The summed E-state index contributed by atoms with van der Waals surface area (Å²) < 4.78 is 67.2. The van der Waals surface area contributed by atoms with E-state index >= 15 is 0 Å². The number of halogens is 5. The van der Waals surface area contributed by atoms with Crippen LogP contribution < -0.4 is 10.6 Å². The Bertz CT molecular complexity index is 1070. The van der Waals surface area contributed by atoms with Gasteiger partial charge in [0.1, 0.15) is 11.5 Å². The number of piperidine rings is 1. The lowest BCUT2D eigenvalue weighted by Gasteiger charge is -2.43. The molecule has 1 aliphatic heterocycles. The van der Waals surface area contributed by atoms with Gasteiger partial charge in [-0.2, -0.15) is 13.2 Å². The molecule has 3 N–H and O–H groups in total. The zero-order valence-corrected chi connectivity index (χ0v) is 18.9. The van der Waals surface area contributed by atoms with Crippen LogP contribution in [0.25, 0.3) is 5.57 Å². The third-order valence-electron chi connectivity index (χ3n) is 5.50. The van der Waals surface area contributed by atoms with Crippen molar-refractivity contribution in [3.05, 3.63) is 54.4 Å². The number of likely N-dealkylation sites (tertiary alicyclic amines) is 1. The summed E-state index contributed by atoms with van der Waals surface area (Å²) in [5.41, 5.74) is -1.48. The maximum absolute atomic E-state index is 14.4. The normalized spacial score (nSPS) is 20.3. The Labute approximate surface area is 198 Å². The van der Waals surface area contributed by atoms with E-state index in [1.165, 1.54) is 18.6 Å². The number of hydrogen-bond acceptors (Lipinski definition) is 7. The highest BCUT2D eigenvalue weighted by Gasteiger charge is 2.47. The van der Waals surface area contributed by atoms with Crippen LogP contribution in [0.5, 0.6) is 0 Å². The maximum atomic E-state index is 14.4. The van der Waals surface area contributed by atoms with Crippen molar-refractivity contribution < 1.29 is 26.7 Å². The second kappa shape index (κ2) is 10.3. The van der Waals surface area contributed by atoms with Gasteiger partial charge in [0, 0.05) is 44.8 Å². The summed E-state index contributed by atoms with van der Waals surface area (Å²) in [4.78, 5) is 26.0. The molecule has 2 aromatic heterocycles. The van der Waals surface area contributed by atoms with Crippen LogP contribution in [0.4, 0.5) is 27.8 Å². The van der Waals surface area contributed by atoms with E-state index < -0.39 is 54.2 Å². The number of nitrogens with zero attached hydrogens (tertiary/aromatic N) is 4. The zero-order valence-electron chi connectivity index (χ0n) is 18.9. The summed E-state index contributed by atoms with van der Waals surface area (Å²) in [5.74, 6) is -4.63. The van der Waals surface area contributed by atoms with Gasteiger partial charge in [0.15, 0.2) is 5.82 Å². The van der Waals surface area contributed by atoms with Gasteiger partial charge in [-0.1, -0.05) is 6.92 Å². The highest BCUT2D eigenvalue weighted by atomic mass is 19.4. The van der Waals surface area contributed by atoms with E-state index in [0.29, 0.717) is 6.20 Å². The second-order valence-corrected chi connectivity index (χ2v) is 8.14. The number of rotatable bonds is 7.